The molecule has 0 atom stereocenters. The Morgan fingerprint density at radius 3 is 2.75 bits per heavy atom. The fraction of sp³-hybridized carbons (Fsp3) is 0.316. The maximum Gasteiger partial charge on any atom is 0.256 e. The van der Waals surface area contributed by atoms with Crippen LogP contribution < -0.4 is 15.4 Å². The van der Waals surface area contributed by atoms with Gasteiger partial charge in [-0.1, -0.05) is 18.2 Å². The van der Waals surface area contributed by atoms with Gasteiger partial charge in [-0.05, 0) is 56.5 Å². The van der Waals surface area contributed by atoms with E-state index in [2.05, 4.69) is 10.6 Å². The Labute approximate surface area is 149 Å². The van der Waals surface area contributed by atoms with Crippen molar-refractivity contribution in [2.45, 2.75) is 32.8 Å². The smallest absolute Gasteiger partial charge is 0.256 e. The molecule has 3 rings (SSSR count). The first-order valence-corrected chi connectivity index (χ1v) is 8.08. The highest BCUT2D eigenvalue weighted by molar-refractivity contribution is 6.07. The number of fused-ring (bicyclic) bond motifs is 1. The first-order chi connectivity index (χ1) is 11.1. The first-order valence-electron chi connectivity index (χ1n) is 8.08. The maximum absolute atomic E-state index is 12.7. The number of halogens is 1. The van der Waals surface area contributed by atoms with Gasteiger partial charge in [-0.3, -0.25) is 4.79 Å². The third-order valence-electron chi connectivity index (χ3n) is 3.84. The third kappa shape index (κ3) is 4.01. The zero-order valence-electron chi connectivity index (χ0n) is 14.0. The summed E-state index contributed by atoms with van der Waals surface area (Å²) in [5.74, 6) is 0.601. The van der Waals surface area contributed by atoms with Gasteiger partial charge in [0.05, 0.1) is 11.8 Å². The normalized spacial score (nSPS) is 12.6. The van der Waals surface area contributed by atoms with E-state index in [-0.39, 0.29) is 24.4 Å². The van der Waals surface area contributed by atoms with Gasteiger partial charge in [0, 0.05) is 17.8 Å². The topological polar surface area (TPSA) is 50.4 Å². The molecule has 0 bridgehead atoms. The van der Waals surface area contributed by atoms with E-state index >= 15 is 0 Å². The van der Waals surface area contributed by atoms with Crippen molar-refractivity contribution in [2.75, 3.05) is 17.2 Å². The second kappa shape index (κ2) is 8.06. The van der Waals surface area contributed by atoms with Crippen LogP contribution in [0.15, 0.2) is 42.5 Å². The Balaban J connectivity index is 0.00000208. The molecular weight excluding hydrogens is 324 g/mol. The zero-order valence-corrected chi connectivity index (χ0v) is 14.8. The van der Waals surface area contributed by atoms with Gasteiger partial charge in [0.15, 0.2) is 0 Å². The molecule has 128 valence electrons. The van der Waals surface area contributed by atoms with Crippen LogP contribution in [0.25, 0.3) is 0 Å². The van der Waals surface area contributed by atoms with Gasteiger partial charge < -0.3 is 15.4 Å². The molecule has 1 aliphatic rings. The zero-order chi connectivity index (χ0) is 16.2. The van der Waals surface area contributed by atoms with Crippen LogP contribution in [-0.2, 0) is 6.42 Å². The van der Waals surface area contributed by atoms with Crippen LogP contribution in [0.1, 0.15) is 36.2 Å². The number of ether oxygens (including phenoxy) is 1. The van der Waals surface area contributed by atoms with Gasteiger partial charge in [-0.15, -0.1) is 12.4 Å². The van der Waals surface area contributed by atoms with Crippen molar-refractivity contribution in [1.29, 1.82) is 0 Å². The van der Waals surface area contributed by atoms with E-state index < -0.39 is 0 Å². The molecule has 1 heterocycles. The fourth-order valence-corrected chi connectivity index (χ4v) is 2.84. The molecule has 2 aromatic rings. The summed E-state index contributed by atoms with van der Waals surface area (Å²) in [6.45, 7) is 4.90. The summed E-state index contributed by atoms with van der Waals surface area (Å²) in [6.07, 6.45) is 2.03. The molecule has 0 saturated heterocycles. The molecule has 0 aliphatic carbocycles. The predicted octanol–water partition coefficient (Wildman–Crippen LogP) is 4.51. The molecule has 0 spiro atoms. The molecule has 24 heavy (non-hydrogen) atoms. The molecule has 0 saturated carbocycles. The summed E-state index contributed by atoms with van der Waals surface area (Å²) in [5, 5.41) is 6.35. The minimum atomic E-state index is -0.0923. The molecule has 2 N–H and O–H groups in total. The predicted molar refractivity (Wildman–Crippen MR) is 101 cm³/mol. The van der Waals surface area contributed by atoms with Gasteiger partial charge in [0.25, 0.3) is 5.91 Å². The Bertz CT molecular complexity index is 716. The number of benzene rings is 2. The SMILES string of the molecule is CC(C)Oc1ccccc1NC(=O)c1cccc2c1CCCN2.Cl. The highest BCUT2D eigenvalue weighted by Crippen LogP contribution is 2.28. The number of nitrogens with one attached hydrogen (secondary N) is 2. The summed E-state index contributed by atoms with van der Waals surface area (Å²) in [7, 11) is 0. The van der Waals surface area contributed by atoms with Crippen molar-refractivity contribution >= 4 is 29.7 Å². The van der Waals surface area contributed by atoms with Crippen LogP contribution in [0.3, 0.4) is 0 Å². The van der Waals surface area contributed by atoms with Crippen LogP contribution in [0, 0.1) is 0 Å². The van der Waals surface area contributed by atoms with Crippen LogP contribution in [0.2, 0.25) is 0 Å². The van der Waals surface area contributed by atoms with E-state index in [1.807, 2.05) is 56.3 Å². The van der Waals surface area contributed by atoms with Gasteiger partial charge in [-0.2, -0.15) is 0 Å². The lowest BCUT2D eigenvalue weighted by Crippen LogP contribution is -2.20. The Kier molecular flexibility index (Phi) is 6.10. The first kappa shape index (κ1) is 18.1. The number of amides is 1. The highest BCUT2D eigenvalue weighted by atomic mass is 35.5. The average Bonchev–Trinajstić information content (AvgIpc) is 2.55. The number of carbonyl (C=O) groups excluding carboxylic acids is 1. The molecule has 0 fully saturated rings. The maximum atomic E-state index is 12.7. The lowest BCUT2D eigenvalue weighted by molar-refractivity contribution is 0.102. The van der Waals surface area contributed by atoms with Crippen LogP contribution in [0.5, 0.6) is 5.75 Å². The molecule has 0 aromatic heterocycles. The molecule has 0 unspecified atom stereocenters. The molecule has 0 radical (unpaired) electrons. The lowest BCUT2D eigenvalue weighted by atomic mass is 9.97. The second-order valence-corrected chi connectivity index (χ2v) is 5.98. The minimum Gasteiger partial charge on any atom is -0.489 e. The van der Waals surface area contributed by atoms with Crippen LogP contribution in [-0.4, -0.2) is 18.6 Å². The van der Waals surface area contributed by atoms with E-state index in [1.54, 1.807) is 0 Å². The average molecular weight is 347 g/mol. The number of rotatable bonds is 4. The molecule has 5 heteroatoms. The Hall–Kier alpha value is -2.20. The molecule has 1 aliphatic heterocycles. The van der Waals surface area contributed by atoms with Crippen LogP contribution in [0.4, 0.5) is 11.4 Å². The van der Waals surface area contributed by atoms with Crippen molar-refractivity contribution in [3.8, 4) is 5.75 Å². The van der Waals surface area contributed by atoms with E-state index in [1.165, 1.54) is 0 Å². The summed E-state index contributed by atoms with van der Waals surface area (Å²) >= 11 is 0. The van der Waals surface area contributed by atoms with Crippen molar-refractivity contribution < 1.29 is 9.53 Å². The van der Waals surface area contributed by atoms with Crippen molar-refractivity contribution in [3.05, 3.63) is 53.6 Å². The van der Waals surface area contributed by atoms with Crippen molar-refractivity contribution in [1.82, 2.24) is 0 Å². The number of hydrogen-bond acceptors (Lipinski definition) is 3. The molecular formula is C19H23ClN2O2. The molecule has 2 aromatic carbocycles. The second-order valence-electron chi connectivity index (χ2n) is 5.98. The van der Waals surface area contributed by atoms with Gasteiger partial charge in [-0.25, -0.2) is 0 Å². The quantitative estimate of drug-likeness (QED) is 0.856. The molecule has 4 nitrogen and oxygen atoms in total. The third-order valence-corrected chi connectivity index (χ3v) is 3.84. The molecule has 1 amide bonds. The Morgan fingerprint density at radius 1 is 1.17 bits per heavy atom. The summed E-state index contributed by atoms with van der Waals surface area (Å²) in [4.78, 5) is 12.7. The summed E-state index contributed by atoms with van der Waals surface area (Å²) < 4.78 is 5.77. The number of carbonyl (C=O) groups is 1. The fourth-order valence-electron chi connectivity index (χ4n) is 2.84. The van der Waals surface area contributed by atoms with Crippen molar-refractivity contribution in [2.24, 2.45) is 0 Å². The monoisotopic (exact) mass is 346 g/mol. The van der Waals surface area contributed by atoms with Crippen molar-refractivity contribution in [3.63, 3.8) is 0 Å². The van der Waals surface area contributed by atoms with Crippen LogP contribution >= 0.6 is 12.4 Å². The van der Waals surface area contributed by atoms with E-state index in [4.69, 9.17) is 4.74 Å². The van der Waals surface area contributed by atoms with Gasteiger partial charge >= 0.3 is 0 Å². The van der Waals surface area contributed by atoms with Gasteiger partial charge in [0.1, 0.15) is 5.75 Å². The summed E-state index contributed by atoms with van der Waals surface area (Å²) in [6, 6.07) is 13.4. The Morgan fingerprint density at radius 2 is 1.96 bits per heavy atom. The van der Waals surface area contributed by atoms with Gasteiger partial charge in [0.2, 0.25) is 0 Å². The largest absolute Gasteiger partial charge is 0.489 e. The number of hydrogen-bond donors (Lipinski definition) is 2. The highest BCUT2D eigenvalue weighted by Gasteiger charge is 2.18. The lowest BCUT2D eigenvalue weighted by Gasteiger charge is -2.21. The van der Waals surface area contributed by atoms with E-state index in [9.17, 15) is 4.79 Å². The summed E-state index contributed by atoms with van der Waals surface area (Å²) in [5.41, 5.74) is 3.59. The van der Waals surface area contributed by atoms with E-state index in [0.29, 0.717) is 11.4 Å². The minimum absolute atomic E-state index is 0. The van der Waals surface area contributed by atoms with E-state index in [0.717, 1.165) is 36.2 Å². The number of anilines is 2. The standard InChI is InChI=1S/C19H22N2O2.ClH/c1-13(2)23-18-11-4-3-9-17(18)21-19(22)15-7-5-10-16-14(15)8-6-12-20-16;/h3-5,7,9-11,13,20H,6,8,12H2,1-2H3,(H,21,22);1H. The number of para-hydroxylation sites is 2.